The van der Waals surface area contributed by atoms with Gasteiger partial charge in [0.1, 0.15) is 0 Å². The predicted molar refractivity (Wildman–Crippen MR) is 91.7 cm³/mol. The van der Waals surface area contributed by atoms with E-state index in [9.17, 15) is 5.11 Å². The minimum atomic E-state index is -0.498. The maximum absolute atomic E-state index is 10.4. The summed E-state index contributed by atoms with van der Waals surface area (Å²) in [7, 11) is 0. The molecule has 3 rings (SSSR count). The van der Waals surface area contributed by atoms with Crippen molar-refractivity contribution in [1.82, 2.24) is 5.32 Å². The van der Waals surface area contributed by atoms with Gasteiger partial charge in [-0.05, 0) is 34.9 Å². The van der Waals surface area contributed by atoms with E-state index in [2.05, 4.69) is 47.8 Å². The van der Waals surface area contributed by atoms with Gasteiger partial charge in [0.05, 0.1) is 6.10 Å². The van der Waals surface area contributed by atoms with Gasteiger partial charge in [-0.15, -0.1) is 0 Å². The van der Waals surface area contributed by atoms with Gasteiger partial charge in [0, 0.05) is 12.6 Å². The second kappa shape index (κ2) is 6.73. The van der Waals surface area contributed by atoms with E-state index in [0.717, 1.165) is 12.1 Å². The fraction of sp³-hybridized carbons (Fsp3) is 0.200. The van der Waals surface area contributed by atoms with Gasteiger partial charge in [0.25, 0.3) is 0 Å². The van der Waals surface area contributed by atoms with Gasteiger partial charge >= 0.3 is 0 Å². The molecule has 2 unspecified atom stereocenters. The van der Waals surface area contributed by atoms with Crippen LogP contribution in [0.2, 0.25) is 0 Å². The summed E-state index contributed by atoms with van der Waals surface area (Å²) in [4.78, 5) is 0. The molecule has 0 saturated carbocycles. The van der Waals surface area contributed by atoms with Crippen molar-refractivity contribution in [2.24, 2.45) is 0 Å². The van der Waals surface area contributed by atoms with E-state index in [1.165, 1.54) is 16.3 Å². The summed E-state index contributed by atoms with van der Waals surface area (Å²) in [5.41, 5.74) is 2.17. The first-order valence-electron chi connectivity index (χ1n) is 7.68. The van der Waals surface area contributed by atoms with Crippen LogP contribution in [-0.2, 0) is 6.54 Å². The van der Waals surface area contributed by atoms with Crippen molar-refractivity contribution in [3.63, 3.8) is 0 Å². The lowest BCUT2D eigenvalue weighted by atomic mass is 10.0. The molecule has 2 nitrogen and oxygen atoms in total. The number of aliphatic hydroxyl groups excluding tert-OH is 1. The Bertz CT molecular complexity index is 739. The van der Waals surface area contributed by atoms with E-state index in [1.807, 2.05) is 37.3 Å². The molecule has 0 bridgehead atoms. The first kappa shape index (κ1) is 14.8. The molecule has 112 valence electrons. The summed E-state index contributed by atoms with van der Waals surface area (Å²) in [6, 6.07) is 24.6. The molecule has 0 amide bonds. The van der Waals surface area contributed by atoms with Crippen molar-refractivity contribution in [2.45, 2.75) is 25.6 Å². The SMILES string of the molecule is CC(NCc1ccc2ccccc2c1)C(O)c1ccccc1. The number of fused-ring (bicyclic) bond motifs is 1. The third-order valence-electron chi connectivity index (χ3n) is 4.06. The molecule has 3 aromatic rings. The first-order valence-corrected chi connectivity index (χ1v) is 7.68. The van der Waals surface area contributed by atoms with Gasteiger partial charge in [-0.25, -0.2) is 0 Å². The monoisotopic (exact) mass is 291 g/mol. The van der Waals surface area contributed by atoms with E-state index in [-0.39, 0.29) is 6.04 Å². The predicted octanol–water partition coefficient (Wildman–Crippen LogP) is 4.05. The number of benzene rings is 3. The van der Waals surface area contributed by atoms with E-state index in [1.54, 1.807) is 0 Å². The molecule has 0 aliphatic rings. The Morgan fingerprint density at radius 2 is 1.55 bits per heavy atom. The normalized spacial score (nSPS) is 13.9. The highest BCUT2D eigenvalue weighted by molar-refractivity contribution is 5.82. The molecular formula is C20H21NO. The van der Waals surface area contributed by atoms with Crippen molar-refractivity contribution >= 4 is 10.8 Å². The molecule has 0 aliphatic carbocycles. The van der Waals surface area contributed by atoms with E-state index in [0.29, 0.717) is 0 Å². The Hall–Kier alpha value is -2.16. The van der Waals surface area contributed by atoms with Crippen LogP contribution in [0.5, 0.6) is 0 Å². The molecule has 0 spiro atoms. The van der Waals surface area contributed by atoms with Crippen LogP contribution in [0.15, 0.2) is 72.8 Å². The van der Waals surface area contributed by atoms with Crippen LogP contribution in [0.3, 0.4) is 0 Å². The highest BCUT2D eigenvalue weighted by atomic mass is 16.3. The average molecular weight is 291 g/mol. The molecule has 2 heteroatoms. The summed E-state index contributed by atoms with van der Waals surface area (Å²) >= 11 is 0. The number of aliphatic hydroxyl groups is 1. The second-order valence-electron chi connectivity index (χ2n) is 5.71. The number of nitrogens with one attached hydrogen (secondary N) is 1. The zero-order valence-corrected chi connectivity index (χ0v) is 12.7. The van der Waals surface area contributed by atoms with Gasteiger partial charge in [0.15, 0.2) is 0 Å². The maximum Gasteiger partial charge on any atom is 0.0940 e. The summed E-state index contributed by atoms with van der Waals surface area (Å²) in [5.74, 6) is 0. The Morgan fingerprint density at radius 3 is 2.32 bits per heavy atom. The largest absolute Gasteiger partial charge is 0.387 e. The standard InChI is InChI=1S/C20H21NO/c1-15(20(22)18-8-3-2-4-9-18)21-14-16-11-12-17-7-5-6-10-19(17)13-16/h2-13,15,20-22H,14H2,1H3. The molecule has 3 aromatic carbocycles. The Morgan fingerprint density at radius 1 is 0.864 bits per heavy atom. The minimum Gasteiger partial charge on any atom is -0.387 e. The lowest BCUT2D eigenvalue weighted by Crippen LogP contribution is -2.31. The molecule has 0 aromatic heterocycles. The van der Waals surface area contributed by atoms with Crippen LogP contribution in [0, 0.1) is 0 Å². The van der Waals surface area contributed by atoms with Gasteiger partial charge < -0.3 is 10.4 Å². The smallest absolute Gasteiger partial charge is 0.0940 e. The van der Waals surface area contributed by atoms with Crippen LogP contribution >= 0.6 is 0 Å². The van der Waals surface area contributed by atoms with Gasteiger partial charge in [-0.2, -0.15) is 0 Å². The Labute approximate surface area is 131 Å². The highest BCUT2D eigenvalue weighted by Gasteiger charge is 2.15. The summed E-state index contributed by atoms with van der Waals surface area (Å²) in [5, 5.41) is 16.3. The van der Waals surface area contributed by atoms with Crippen LogP contribution < -0.4 is 5.32 Å². The quantitative estimate of drug-likeness (QED) is 0.743. The second-order valence-corrected chi connectivity index (χ2v) is 5.71. The van der Waals surface area contributed by atoms with Crippen LogP contribution in [0.1, 0.15) is 24.2 Å². The number of hydrogen-bond donors (Lipinski definition) is 2. The molecule has 0 saturated heterocycles. The third kappa shape index (κ3) is 3.35. The first-order chi connectivity index (χ1) is 10.7. The minimum absolute atomic E-state index is 0.00568. The van der Waals surface area contributed by atoms with Crippen molar-refractivity contribution in [3.05, 3.63) is 83.9 Å². The van der Waals surface area contributed by atoms with E-state index < -0.39 is 6.10 Å². The fourth-order valence-corrected chi connectivity index (χ4v) is 2.68. The van der Waals surface area contributed by atoms with Crippen LogP contribution in [0.4, 0.5) is 0 Å². The zero-order valence-electron chi connectivity index (χ0n) is 12.7. The summed E-state index contributed by atoms with van der Waals surface area (Å²) in [6.45, 7) is 2.76. The fourth-order valence-electron chi connectivity index (χ4n) is 2.68. The number of rotatable bonds is 5. The van der Waals surface area contributed by atoms with Crippen molar-refractivity contribution in [1.29, 1.82) is 0 Å². The average Bonchev–Trinajstić information content (AvgIpc) is 2.59. The van der Waals surface area contributed by atoms with E-state index in [4.69, 9.17) is 0 Å². The number of hydrogen-bond acceptors (Lipinski definition) is 2. The zero-order chi connectivity index (χ0) is 15.4. The Balaban J connectivity index is 1.65. The van der Waals surface area contributed by atoms with Gasteiger partial charge in [-0.3, -0.25) is 0 Å². The lowest BCUT2D eigenvalue weighted by Gasteiger charge is -2.21. The molecule has 22 heavy (non-hydrogen) atoms. The molecule has 0 heterocycles. The topological polar surface area (TPSA) is 32.3 Å². The highest BCUT2D eigenvalue weighted by Crippen LogP contribution is 2.18. The lowest BCUT2D eigenvalue weighted by molar-refractivity contribution is 0.135. The maximum atomic E-state index is 10.4. The van der Waals surface area contributed by atoms with Gasteiger partial charge in [-0.1, -0.05) is 66.7 Å². The van der Waals surface area contributed by atoms with Crippen molar-refractivity contribution < 1.29 is 5.11 Å². The molecule has 2 atom stereocenters. The van der Waals surface area contributed by atoms with Gasteiger partial charge in [0.2, 0.25) is 0 Å². The molecule has 0 aliphatic heterocycles. The summed E-state index contributed by atoms with van der Waals surface area (Å²) < 4.78 is 0. The molecule has 2 N–H and O–H groups in total. The molecule has 0 radical (unpaired) electrons. The van der Waals surface area contributed by atoms with E-state index >= 15 is 0 Å². The van der Waals surface area contributed by atoms with Crippen molar-refractivity contribution in [2.75, 3.05) is 0 Å². The van der Waals surface area contributed by atoms with Crippen LogP contribution in [0.25, 0.3) is 10.8 Å². The van der Waals surface area contributed by atoms with Crippen LogP contribution in [-0.4, -0.2) is 11.1 Å². The molecule has 0 fully saturated rings. The Kier molecular flexibility index (Phi) is 4.52. The molecular weight excluding hydrogens is 270 g/mol. The summed E-state index contributed by atoms with van der Waals surface area (Å²) in [6.07, 6.45) is -0.498. The third-order valence-corrected chi connectivity index (χ3v) is 4.06. The van der Waals surface area contributed by atoms with Crippen molar-refractivity contribution in [3.8, 4) is 0 Å².